The highest BCUT2D eigenvalue weighted by Crippen LogP contribution is 2.19. The molecule has 0 atom stereocenters. The van der Waals surface area contributed by atoms with Crippen molar-refractivity contribution in [3.05, 3.63) is 105 Å². The van der Waals surface area contributed by atoms with Gasteiger partial charge in [-0.1, -0.05) is 83.9 Å². The molecule has 0 unspecified atom stereocenters. The molecule has 28 heavy (non-hydrogen) atoms. The fourth-order valence-corrected chi connectivity index (χ4v) is 3.71. The zero-order chi connectivity index (χ0) is 19.9. The maximum absolute atomic E-state index is 6.27. The SMILES string of the molecule is CN(Cc1ccc(CN(C)Cc2ccccc2Cl)cc1)Cc1ccccc1Cl. The Morgan fingerprint density at radius 3 is 1.25 bits per heavy atom. The Labute approximate surface area is 178 Å². The number of hydrogen-bond donors (Lipinski definition) is 0. The number of benzene rings is 3. The Bertz CT molecular complexity index is 819. The summed E-state index contributed by atoms with van der Waals surface area (Å²) in [5.74, 6) is 0. The van der Waals surface area contributed by atoms with Crippen molar-refractivity contribution >= 4 is 23.2 Å². The molecule has 0 amide bonds. The summed E-state index contributed by atoms with van der Waals surface area (Å²) in [5, 5.41) is 1.65. The Hall–Kier alpha value is -1.84. The van der Waals surface area contributed by atoms with Gasteiger partial charge in [-0.15, -0.1) is 0 Å². The van der Waals surface area contributed by atoms with Gasteiger partial charge < -0.3 is 0 Å². The van der Waals surface area contributed by atoms with E-state index in [0.717, 1.165) is 47.4 Å². The van der Waals surface area contributed by atoms with Gasteiger partial charge in [-0.3, -0.25) is 9.80 Å². The van der Waals surface area contributed by atoms with Crippen LogP contribution in [0.15, 0.2) is 72.8 Å². The van der Waals surface area contributed by atoms with Gasteiger partial charge in [0.2, 0.25) is 0 Å². The summed E-state index contributed by atoms with van der Waals surface area (Å²) in [6.07, 6.45) is 0. The van der Waals surface area contributed by atoms with E-state index in [1.807, 2.05) is 36.4 Å². The number of rotatable bonds is 8. The summed E-state index contributed by atoms with van der Waals surface area (Å²) >= 11 is 12.5. The molecule has 0 spiro atoms. The summed E-state index contributed by atoms with van der Waals surface area (Å²) in [5.41, 5.74) is 4.91. The van der Waals surface area contributed by atoms with Crippen LogP contribution in [0.4, 0.5) is 0 Å². The molecule has 3 rings (SSSR count). The molecular weight excluding hydrogens is 387 g/mol. The molecule has 4 heteroatoms. The van der Waals surface area contributed by atoms with Crippen LogP contribution < -0.4 is 0 Å². The van der Waals surface area contributed by atoms with Crippen molar-refractivity contribution in [1.82, 2.24) is 9.80 Å². The van der Waals surface area contributed by atoms with Gasteiger partial charge in [-0.2, -0.15) is 0 Å². The largest absolute Gasteiger partial charge is 0.298 e. The normalized spacial score (nSPS) is 11.4. The van der Waals surface area contributed by atoms with Gasteiger partial charge >= 0.3 is 0 Å². The average molecular weight is 413 g/mol. The first-order valence-corrected chi connectivity index (χ1v) is 10.2. The van der Waals surface area contributed by atoms with Crippen LogP contribution in [0.1, 0.15) is 22.3 Å². The van der Waals surface area contributed by atoms with Crippen LogP contribution in [0.3, 0.4) is 0 Å². The highest BCUT2D eigenvalue weighted by Gasteiger charge is 2.07. The minimum atomic E-state index is 0.825. The molecule has 0 aromatic heterocycles. The molecule has 0 radical (unpaired) electrons. The third-order valence-corrected chi connectivity index (χ3v) is 5.46. The fraction of sp³-hybridized carbons (Fsp3) is 0.250. The molecule has 3 aromatic rings. The zero-order valence-electron chi connectivity index (χ0n) is 16.4. The van der Waals surface area contributed by atoms with Crippen LogP contribution in [0, 0.1) is 0 Å². The maximum atomic E-state index is 6.27. The molecule has 0 saturated carbocycles. The lowest BCUT2D eigenvalue weighted by molar-refractivity contribution is 0.316. The smallest absolute Gasteiger partial charge is 0.0451 e. The molecular formula is C24H26Cl2N2. The number of hydrogen-bond acceptors (Lipinski definition) is 2. The Kier molecular flexibility index (Phi) is 7.52. The second kappa shape index (κ2) is 10.1. The van der Waals surface area contributed by atoms with Crippen LogP contribution in [-0.4, -0.2) is 23.9 Å². The Morgan fingerprint density at radius 2 is 0.893 bits per heavy atom. The van der Waals surface area contributed by atoms with E-state index >= 15 is 0 Å². The van der Waals surface area contributed by atoms with Crippen molar-refractivity contribution in [2.24, 2.45) is 0 Å². The lowest BCUT2D eigenvalue weighted by atomic mass is 10.1. The minimum Gasteiger partial charge on any atom is -0.298 e. The first-order valence-electron chi connectivity index (χ1n) is 9.43. The Morgan fingerprint density at radius 1 is 0.536 bits per heavy atom. The van der Waals surface area contributed by atoms with E-state index in [0.29, 0.717) is 0 Å². The maximum Gasteiger partial charge on any atom is 0.0451 e. The van der Waals surface area contributed by atoms with Crippen LogP contribution in [0.2, 0.25) is 10.0 Å². The van der Waals surface area contributed by atoms with Crippen molar-refractivity contribution in [2.45, 2.75) is 26.2 Å². The molecule has 0 heterocycles. The highest BCUT2D eigenvalue weighted by molar-refractivity contribution is 6.31. The molecule has 0 N–H and O–H groups in total. The van der Waals surface area contributed by atoms with Crippen LogP contribution in [0.25, 0.3) is 0 Å². The molecule has 3 aromatic carbocycles. The van der Waals surface area contributed by atoms with Crippen molar-refractivity contribution in [3.8, 4) is 0 Å². The van der Waals surface area contributed by atoms with Gasteiger partial charge in [-0.25, -0.2) is 0 Å². The summed E-state index contributed by atoms with van der Waals surface area (Å²) in [6, 6.07) is 24.9. The molecule has 0 aliphatic heterocycles. The average Bonchev–Trinajstić information content (AvgIpc) is 2.67. The second-order valence-electron chi connectivity index (χ2n) is 7.34. The van der Waals surface area contributed by atoms with Gasteiger partial charge in [0, 0.05) is 36.2 Å². The second-order valence-corrected chi connectivity index (χ2v) is 8.16. The molecule has 0 aliphatic carbocycles. The topological polar surface area (TPSA) is 6.48 Å². The third kappa shape index (κ3) is 6.08. The van der Waals surface area contributed by atoms with Gasteiger partial charge in [0.15, 0.2) is 0 Å². The Balaban J connectivity index is 1.53. The lowest BCUT2D eigenvalue weighted by Crippen LogP contribution is -2.18. The van der Waals surface area contributed by atoms with Crippen LogP contribution in [0.5, 0.6) is 0 Å². The third-order valence-electron chi connectivity index (χ3n) is 4.72. The van der Waals surface area contributed by atoms with E-state index in [4.69, 9.17) is 23.2 Å². The van der Waals surface area contributed by atoms with E-state index in [2.05, 4.69) is 60.3 Å². The van der Waals surface area contributed by atoms with E-state index in [1.54, 1.807) is 0 Å². The minimum absolute atomic E-state index is 0.825. The summed E-state index contributed by atoms with van der Waals surface area (Å²) in [7, 11) is 4.24. The van der Waals surface area contributed by atoms with E-state index in [9.17, 15) is 0 Å². The van der Waals surface area contributed by atoms with Crippen LogP contribution in [-0.2, 0) is 26.2 Å². The monoisotopic (exact) mass is 412 g/mol. The molecule has 0 bridgehead atoms. The number of nitrogens with zero attached hydrogens (tertiary/aromatic N) is 2. The summed E-state index contributed by atoms with van der Waals surface area (Å²) in [6.45, 7) is 3.45. The van der Waals surface area contributed by atoms with Gasteiger partial charge in [0.1, 0.15) is 0 Å². The molecule has 2 nitrogen and oxygen atoms in total. The van der Waals surface area contributed by atoms with Crippen LogP contribution >= 0.6 is 23.2 Å². The number of halogens is 2. The summed E-state index contributed by atoms with van der Waals surface area (Å²) < 4.78 is 0. The van der Waals surface area contributed by atoms with E-state index in [-0.39, 0.29) is 0 Å². The molecule has 0 fully saturated rings. The van der Waals surface area contributed by atoms with E-state index < -0.39 is 0 Å². The first kappa shape index (κ1) is 20.9. The predicted octanol–water partition coefficient (Wildman–Crippen LogP) is 6.26. The quantitative estimate of drug-likeness (QED) is 0.430. The molecule has 0 saturated heterocycles. The fourth-order valence-electron chi connectivity index (χ4n) is 3.32. The standard InChI is InChI=1S/C24H26Cl2N2/c1-27(17-21-7-3-5-9-23(21)25)15-19-11-13-20(14-12-19)16-28(2)18-22-8-4-6-10-24(22)26/h3-14H,15-18H2,1-2H3. The highest BCUT2D eigenvalue weighted by atomic mass is 35.5. The summed E-state index contributed by atoms with van der Waals surface area (Å²) in [4.78, 5) is 4.56. The van der Waals surface area contributed by atoms with Gasteiger partial charge in [0.05, 0.1) is 0 Å². The lowest BCUT2D eigenvalue weighted by Gasteiger charge is -2.19. The molecule has 146 valence electrons. The van der Waals surface area contributed by atoms with Crippen molar-refractivity contribution in [3.63, 3.8) is 0 Å². The zero-order valence-corrected chi connectivity index (χ0v) is 17.9. The van der Waals surface area contributed by atoms with Crippen molar-refractivity contribution in [2.75, 3.05) is 14.1 Å². The molecule has 0 aliphatic rings. The predicted molar refractivity (Wildman–Crippen MR) is 120 cm³/mol. The van der Waals surface area contributed by atoms with Gasteiger partial charge in [0.25, 0.3) is 0 Å². The van der Waals surface area contributed by atoms with Crippen molar-refractivity contribution < 1.29 is 0 Å². The van der Waals surface area contributed by atoms with E-state index in [1.165, 1.54) is 11.1 Å². The first-order chi connectivity index (χ1) is 13.5. The van der Waals surface area contributed by atoms with Gasteiger partial charge in [-0.05, 0) is 48.5 Å². The van der Waals surface area contributed by atoms with Crippen molar-refractivity contribution in [1.29, 1.82) is 0 Å².